The van der Waals surface area contributed by atoms with Gasteiger partial charge in [-0.1, -0.05) is 0 Å². The van der Waals surface area contributed by atoms with Crippen molar-refractivity contribution < 1.29 is 19.1 Å². The van der Waals surface area contributed by atoms with E-state index < -0.39 is 11.7 Å². The van der Waals surface area contributed by atoms with Crippen molar-refractivity contribution in [2.45, 2.75) is 51.7 Å². The number of aromatic nitrogens is 2. The minimum absolute atomic E-state index is 0.266. The van der Waals surface area contributed by atoms with Gasteiger partial charge in [0.1, 0.15) is 17.2 Å². The van der Waals surface area contributed by atoms with E-state index in [0.29, 0.717) is 42.4 Å². The van der Waals surface area contributed by atoms with Crippen LogP contribution in [0.5, 0.6) is 0 Å². The number of rotatable bonds is 3. The zero-order chi connectivity index (χ0) is 18.0. The molecule has 1 amide bonds. The summed E-state index contributed by atoms with van der Waals surface area (Å²) >= 11 is 0. The number of fused-ring (bicyclic) bond motifs is 1. The van der Waals surface area contributed by atoms with Crippen LogP contribution in [0.25, 0.3) is 11.1 Å². The van der Waals surface area contributed by atoms with Gasteiger partial charge in [0.15, 0.2) is 5.58 Å². The molecule has 1 aliphatic rings. The van der Waals surface area contributed by atoms with Crippen LogP contribution in [-0.4, -0.2) is 44.8 Å². The Kier molecular flexibility index (Phi) is 4.94. The van der Waals surface area contributed by atoms with E-state index in [-0.39, 0.29) is 6.09 Å². The Hall–Kier alpha value is -2.15. The molecule has 1 fully saturated rings. The van der Waals surface area contributed by atoms with Crippen molar-refractivity contribution >= 4 is 17.2 Å². The van der Waals surface area contributed by atoms with E-state index in [4.69, 9.17) is 9.15 Å². The molecule has 0 saturated carbocycles. The quantitative estimate of drug-likeness (QED) is 0.916. The summed E-state index contributed by atoms with van der Waals surface area (Å²) < 4.78 is 11.0. The molecule has 1 N–H and O–H groups in total. The smallest absolute Gasteiger partial charge is 0.410 e. The van der Waals surface area contributed by atoms with Crippen LogP contribution in [0.2, 0.25) is 0 Å². The fourth-order valence-corrected chi connectivity index (χ4v) is 3.03. The first-order chi connectivity index (χ1) is 11.8. The molecule has 1 unspecified atom stereocenters. The minimum atomic E-state index is -0.745. The monoisotopic (exact) mass is 347 g/mol. The summed E-state index contributed by atoms with van der Waals surface area (Å²) in [6.07, 6.45) is 4.48. The lowest BCUT2D eigenvalue weighted by molar-refractivity contribution is 0.0154. The summed E-state index contributed by atoms with van der Waals surface area (Å²) in [6, 6.07) is 1.73. The predicted molar refractivity (Wildman–Crippen MR) is 91.9 cm³/mol. The molecule has 25 heavy (non-hydrogen) atoms. The molecule has 136 valence electrons. The van der Waals surface area contributed by atoms with E-state index in [9.17, 15) is 9.90 Å². The number of pyridine rings is 1. The average molecular weight is 347 g/mol. The topological polar surface area (TPSA) is 88.7 Å². The highest BCUT2D eigenvalue weighted by atomic mass is 16.6. The normalized spacial score (nSPS) is 17.7. The van der Waals surface area contributed by atoms with Crippen molar-refractivity contribution in [3.63, 3.8) is 0 Å². The molecule has 7 nitrogen and oxygen atoms in total. The summed E-state index contributed by atoms with van der Waals surface area (Å²) in [6.45, 7) is 6.88. The third-order valence-electron chi connectivity index (χ3n) is 4.31. The van der Waals surface area contributed by atoms with Gasteiger partial charge in [0, 0.05) is 25.4 Å². The highest BCUT2D eigenvalue weighted by Gasteiger charge is 2.29. The number of amides is 1. The third-order valence-corrected chi connectivity index (χ3v) is 4.31. The van der Waals surface area contributed by atoms with Gasteiger partial charge in [0.05, 0.1) is 6.20 Å². The van der Waals surface area contributed by atoms with Gasteiger partial charge in [0.25, 0.3) is 0 Å². The number of aliphatic hydroxyl groups is 1. The van der Waals surface area contributed by atoms with Gasteiger partial charge >= 0.3 is 6.09 Å². The van der Waals surface area contributed by atoms with E-state index in [2.05, 4.69) is 9.97 Å². The van der Waals surface area contributed by atoms with E-state index in [1.165, 1.54) is 0 Å². The lowest BCUT2D eigenvalue weighted by Gasteiger charge is -2.33. The zero-order valence-corrected chi connectivity index (χ0v) is 14.9. The summed E-state index contributed by atoms with van der Waals surface area (Å²) in [4.78, 5) is 22.1. The van der Waals surface area contributed by atoms with Crippen LogP contribution >= 0.6 is 0 Å². The number of aliphatic hydroxyl groups excluding tert-OH is 1. The number of carbonyl (C=O) groups excluding carboxylic acids is 1. The molecule has 0 bridgehead atoms. The van der Waals surface area contributed by atoms with Crippen LogP contribution in [0, 0.1) is 5.92 Å². The third kappa shape index (κ3) is 4.48. The van der Waals surface area contributed by atoms with Crippen molar-refractivity contribution in [3.05, 3.63) is 24.4 Å². The minimum Gasteiger partial charge on any atom is -0.444 e. The molecular weight excluding hydrogens is 322 g/mol. The van der Waals surface area contributed by atoms with Crippen molar-refractivity contribution in [1.82, 2.24) is 14.9 Å². The number of nitrogens with zero attached hydrogens (tertiary/aromatic N) is 3. The molecule has 0 radical (unpaired) electrons. The van der Waals surface area contributed by atoms with Gasteiger partial charge in [0.2, 0.25) is 5.89 Å². The lowest BCUT2D eigenvalue weighted by Crippen LogP contribution is -2.41. The number of hydrogen-bond acceptors (Lipinski definition) is 6. The summed E-state index contributed by atoms with van der Waals surface area (Å²) in [7, 11) is 0. The van der Waals surface area contributed by atoms with Gasteiger partial charge in [-0.05, 0) is 46.0 Å². The van der Waals surface area contributed by atoms with E-state index in [1.54, 1.807) is 23.4 Å². The van der Waals surface area contributed by atoms with Gasteiger partial charge in [-0.15, -0.1) is 0 Å². The Bertz CT molecular complexity index is 696. The molecule has 2 aromatic rings. The standard InChI is InChI=1S/C18H25N3O4/c1-18(2,3)25-17(23)21-8-5-12(6-9-21)10-14(22)16-20-13-11-19-7-4-15(13)24-16/h4,7,11-12,14,22H,5-6,8-10H2,1-3H3. The SMILES string of the molecule is CC(C)(C)OC(=O)N1CCC(CC(O)c2nc3cnccc3o2)CC1. The van der Waals surface area contributed by atoms with Crippen LogP contribution in [0.4, 0.5) is 4.79 Å². The summed E-state index contributed by atoms with van der Waals surface area (Å²) in [5, 5.41) is 10.4. The molecule has 0 aromatic carbocycles. The van der Waals surface area contributed by atoms with Crippen LogP contribution < -0.4 is 0 Å². The van der Waals surface area contributed by atoms with Crippen LogP contribution in [-0.2, 0) is 4.74 Å². The van der Waals surface area contributed by atoms with Crippen molar-refractivity contribution in [2.24, 2.45) is 5.92 Å². The Morgan fingerprint density at radius 3 is 2.80 bits per heavy atom. The van der Waals surface area contributed by atoms with Gasteiger partial charge in [-0.25, -0.2) is 9.78 Å². The van der Waals surface area contributed by atoms with Gasteiger partial charge in [-0.2, -0.15) is 0 Å². The second-order valence-corrected chi connectivity index (χ2v) is 7.56. The first-order valence-corrected chi connectivity index (χ1v) is 8.68. The maximum atomic E-state index is 12.1. The van der Waals surface area contributed by atoms with Gasteiger partial charge in [-0.3, -0.25) is 4.98 Å². The van der Waals surface area contributed by atoms with E-state index in [1.807, 2.05) is 20.8 Å². The predicted octanol–water partition coefficient (Wildman–Crippen LogP) is 3.29. The van der Waals surface area contributed by atoms with Gasteiger partial charge < -0.3 is 19.2 Å². The van der Waals surface area contributed by atoms with Crippen molar-refractivity contribution in [1.29, 1.82) is 0 Å². The fourth-order valence-electron chi connectivity index (χ4n) is 3.03. The molecule has 3 heterocycles. The van der Waals surface area contributed by atoms with E-state index in [0.717, 1.165) is 12.8 Å². The molecule has 7 heteroatoms. The number of oxazole rings is 1. The Morgan fingerprint density at radius 1 is 1.44 bits per heavy atom. The average Bonchev–Trinajstić information content (AvgIpc) is 2.98. The molecule has 3 rings (SSSR count). The second kappa shape index (κ2) is 7.00. The molecule has 0 aliphatic carbocycles. The fraction of sp³-hybridized carbons (Fsp3) is 0.611. The zero-order valence-electron chi connectivity index (χ0n) is 14.9. The number of ether oxygens (including phenoxy) is 1. The highest BCUT2D eigenvalue weighted by Crippen LogP contribution is 2.30. The summed E-state index contributed by atoms with van der Waals surface area (Å²) in [5.74, 6) is 0.652. The second-order valence-electron chi connectivity index (χ2n) is 7.56. The molecule has 2 aromatic heterocycles. The molecule has 0 spiro atoms. The maximum absolute atomic E-state index is 12.1. The Balaban J connectivity index is 1.52. The summed E-state index contributed by atoms with van der Waals surface area (Å²) in [5.41, 5.74) is 0.798. The highest BCUT2D eigenvalue weighted by molar-refractivity contribution is 5.70. The van der Waals surface area contributed by atoms with Crippen molar-refractivity contribution in [3.8, 4) is 0 Å². The molecular formula is C18H25N3O4. The van der Waals surface area contributed by atoms with Crippen LogP contribution in [0.15, 0.2) is 22.9 Å². The molecule has 1 atom stereocenters. The first-order valence-electron chi connectivity index (χ1n) is 8.68. The lowest BCUT2D eigenvalue weighted by atomic mass is 9.91. The number of piperidine rings is 1. The maximum Gasteiger partial charge on any atom is 0.410 e. The van der Waals surface area contributed by atoms with Crippen LogP contribution in [0.1, 0.15) is 52.0 Å². The molecule has 1 aliphatic heterocycles. The largest absolute Gasteiger partial charge is 0.444 e. The van der Waals surface area contributed by atoms with Crippen molar-refractivity contribution in [2.75, 3.05) is 13.1 Å². The number of likely N-dealkylation sites (tertiary alicyclic amines) is 1. The number of hydrogen-bond donors (Lipinski definition) is 1. The Labute approximate surface area is 147 Å². The Morgan fingerprint density at radius 2 is 2.16 bits per heavy atom. The number of carbonyl (C=O) groups is 1. The first kappa shape index (κ1) is 17.7. The van der Waals surface area contributed by atoms with Crippen LogP contribution in [0.3, 0.4) is 0 Å². The van der Waals surface area contributed by atoms with E-state index >= 15 is 0 Å². The molecule has 1 saturated heterocycles.